The van der Waals surface area contributed by atoms with E-state index in [1.807, 2.05) is 0 Å². The highest BCUT2D eigenvalue weighted by atomic mass is 15.1. The Morgan fingerprint density at radius 3 is 0.778 bits per heavy atom. The number of rotatable bonds is 5. The van der Waals surface area contributed by atoms with Gasteiger partial charge in [0.1, 0.15) is 0 Å². The van der Waals surface area contributed by atoms with Crippen molar-refractivity contribution in [1.29, 1.82) is 0 Å². The Bertz CT molecular complexity index is 4600. The first kappa shape index (κ1) is 44.6. The zero-order valence-electron chi connectivity index (χ0n) is 44.2. The molecule has 374 valence electrons. The maximum Gasteiger partial charge on any atom is 0.0725 e. The molecule has 0 aliphatic heterocycles. The van der Waals surface area contributed by atoms with Gasteiger partial charge in [-0.15, -0.1) is 0 Å². The van der Waals surface area contributed by atoms with Gasteiger partial charge in [0.25, 0.3) is 0 Å². The van der Waals surface area contributed by atoms with Crippen molar-refractivity contribution >= 4 is 49.4 Å². The summed E-state index contributed by atoms with van der Waals surface area (Å²) in [6.07, 6.45) is 0. The number of hydrogen-bond acceptors (Lipinski definition) is 1. The van der Waals surface area contributed by atoms with E-state index in [9.17, 15) is 0 Å². The SMILES string of the molecule is c1ccc2c(c1)-c1ccccc1C21c2ccccc2-c2ccc(-c3ccc(N(c4ccc(-c5ccc6c(c5)C5(c7ccccc7-c7ccccc75)c5ccccc5-6)cc4)c4ccc5c6ccccc6c6ccccc6c5c4)cc3)cc21. The maximum absolute atomic E-state index is 2.49. The van der Waals surface area contributed by atoms with Gasteiger partial charge in [-0.2, -0.15) is 0 Å². The highest BCUT2D eigenvalue weighted by Crippen LogP contribution is 2.65. The third-order valence-corrected chi connectivity index (χ3v) is 18.9. The zero-order chi connectivity index (χ0) is 53.0. The topological polar surface area (TPSA) is 3.24 Å². The van der Waals surface area contributed by atoms with Crippen LogP contribution in [-0.4, -0.2) is 0 Å². The van der Waals surface area contributed by atoms with E-state index in [0.29, 0.717) is 0 Å². The number of fused-ring (bicyclic) bond motifs is 26. The minimum atomic E-state index is -0.400. The summed E-state index contributed by atoms with van der Waals surface area (Å²) in [6.45, 7) is 0. The van der Waals surface area contributed by atoms with Crippen molar-refractivity contribution in [1.82, 2.24) is 0 Å². The normalized spacial score (nSPS) is 13.9. The summed E-state index contributed by atoms with van der Waals surface area (Å²) in [5.41, 5.74) is 28.7. The fourth-order valence-electron chi connectivity index (χ4n) is 15.6. The van der Waals surface area contributed by atoms with Crippen LogP contribution in [0, 0.1) is 0 Å². The van der Waals surface area contributed by atoms with Crippen LogP contribution in [0.5, 0.6) is 0 Å². The molecule has 1 nitrogen and oxygen atoms in total. The van der Waals surface area contributed by atoms with Crippen molar-refractivity contribution in [3.8, 4) is 66.8 Å². The van der Waals surface area contributed by atoms with Crippen LogP contribution in [0.4, 0.5) is 17.1 Å². The lowest BCUT2D eigenvalue weighted by Crippen LogP contribution is -2.25. The first-order valence-electron chi connectivity index (χ1n) is 28.4. The van der Waals surface area contributed by atoms with Gasteiger partial charge >= 0.3 is 0 Å². The number of nitrogens with zero attached hydrogens (tertiary/aromatic N) is 1. The molecule has 0 heterocycles. The second-order valence-corrected chi connectivity index (χ2v) is 22.5. The molecule has 0 saturated heterocycles. The Hall–Kier alpha value is -10.3. The first-order valence-corrected chi connectivity index (χ1v) is 28.4. The molecular formula is C80H49N. The molecule has 0 aromatic heterocycles. The van der Waals surface area contributed by atoms with Crippen LogP contribution in [-0.2, 0) is 10.8 Å². The van der Waals surface area contributed by atoms with Crippen LogP contribution < -0.4 is 4.90 Å². The lowest BCUT2D eigenvalue weighted by atomic mass is 9.70. The first-order chi connectivity index (χ1) is 40.2. The molecule has 4 aliphatic rings. The summed E-state index contributed by atoms with van der Waals surface area (Å²) in [4.78, 5) is 2.44. The Labute approximate surface area is 471 Å². The number of anilines is 3. The molecule has 0 bridgehead atoms. The average molecular weight is 1020 g/mol. The molecule has 0 amide bonds. The quantitative estimate of drug-likeness (QED) is 0.155. The zero-order valence-corrected chi connectivity index (χ0v) is 44.2. The molecule has 14 aromatic carbocycles. The largest absolute Gasteiger partial charge is 0.310 e. The van der Waals surface area contributed by atoms with Gasteiger partial charge in [-0.05, 0) is 192 Å². The van der Waals surface area contributed by atoms with Gasteiger partial charge in [0.15, 0.2) is 0 Å². The number of hydrogen-bond donors (Lipinski definition) is 0. The third-order valence-electron chi connectivity index (χ3n) is 18.9. The van der Waals surface area contributed by atoms with E-state index in [1.54, 1.807) is 0 Å². The molecule has 0 fully saturated rings. The van der Waals surface area contributed by atoms with Gasteiger partial charge in [0, 0.05) is 17.1 Å². The van der Waals surface area contributed by atoms with Crippen LogP contribution in [0.3, 0.4) is 0 Å². The fourth-order valence-corrected chi connectivity index (χ4v) is 15.6. The summed E-state index contributed by atoms with van der Waals surface area (Å²) in [5.74, 6) is 0. The van der Waals surface area contributed by atoms with E-state index < -0.39 is 10.8 Å². The third kappa shape index (κ3) is 5.89. The van der Waals surface area contributed by atoms with Crippen molar-refractivity contribution in [3.63, 3.8) is 0 Å². The molecule has 4 aliphatic carbocycles. The van der Waals surface area contributed by atoms with Crippen LogP contribution in [0.1, 0.15) is 44.5 Å². The molecule has 2 spiro atoms. The molecule has 0 radical (unpaired) electrons. The van der Waals surface area contributed by atoms with Crippen molar-refractivity contribution in [3.05, 3.63) is 342 Å². The molecule has 0 saturated carbocycles. The summed E-state index contributed by atoms with van der Waals surface area (Å²) >= 11 is 0. The molecule has 1 heteroatoms. The standard InChI is InChI=1S/C80H49N/c1-2-19-59-57(17-1)58-18-3-4-20-60(58)70-49-56(43-46-61(59)70)81(54-39-33-50(34-40-54)52-37-44-68-66-25-9-15-31-75(66)79(77(68)47-52)71-27-11-5-21-62(71)63-22-6-12-28-72(63)79)55-41-35-51(36-42-55)53-38-45-69-67-26-10-16-32-76(67)80(78(69)48-53)73-29-13-7-23-64(73)65-24-8-14-30-74(65)80/h1-49H. The monoisotopic (exact) mass is 1020 g/mol. The summed E-state index contributed by atoms with van der Waals surface area (Å²) in [7, 11) is 0. The molecule has 81 heavy (non-hydrogen) atoms. The van der Waals surface area contributed by atoms with E-state index in [1.165, 1.54) is 144 Å². The molecule has 0 N–H and O–H groups in total. The van der Waals surface area contributed by atoms with E-state index in [2.05, 4.69) is 302 Å². The molecule has 0 unspecified atom stereocenters. The average Bonchev–Trinajstić information content (AvgIpc) is 2.91. The summed E-state index contributed by atoms with van der Waals surface area (Å²) in [6, 6.07) is 112. The van der Waals surface area contributed by atoms with E-state index in [0.717, 1.165) is 17.1 Å². The summed E-state index contributed by atoms with van der Waals surface area (Å²) in [5, 5.41) is 7.57. The Morgan fingerprint density at radius 1 is 0.173 bits per heavy atom. The van der Waals surface area contributed by atoms with Crippen molar-refractivity contribution < 1.29 is 0 Å². The lowest BCUT2D eigenvalue weighted by Gasteiger charge is -2.30. The minimum Gasteiger partial charge on any atom is -0.310 e. The van der Waals surface area contributed by atoms with E-state index in [-0.39, 0.29) is 0 Å². The Balaban J connectivity index is 0.779. The highest BCUT2D eigenvalue weighted by molar-refractivity contribution is 6.26. The van der Waals surface area contributed by atoms with Crippen molar-refractivity contribution in [2.45, 2.75) is 10.8 Å². The van der Waals surface area contributed by atoms with Gasteiger partial charge < -0.3 is 4.90 Å². The summed E-state index contributed by atoms with van der Waals surface area (Å²) < 4.78 is 0. The van der Waals surface area contributed by atoms with Gasteiger partial charge in [-0.1, -0.05) is 249 Å². The predicted octanol–water partition coefficient (Wildman–Crippen LogP) is 20.6. The molecule has 18 rings (SSSR count). The maximum atomic E-state index is 2.49. The van der Waals surface area contributed by atoms with Crippen LogP contribution in [0.15, 0.2) is 297 Å². The van der Waals surface area contributed by atoms with Gasteiger partial charge in [-0.3, -0.25) is 0 Å². The smallest absolute Gasteiger partial charge is 0.0725 e. The molecule has 14 aromatic rings. The van der Waals surface area contributed by atoms with Crippen LogP contribution in [0.2, 0.25) is 0 Å². The van der Waals surface area contributed by atoms with Crippen molar-refractivity contribution in [2.75, 3.05) is 4.90 Å². The highest BCUT2D eigenvalue weighted by Gasteiger charge is 2.53. The van der Waals surface area contributed by atoms with Gasteiger partial charge in [-0.25, -0.2) is 0 Å². The van der Waals surface area contributed by atoms with Crippen LogP contribution in [0.25, 0.3) is 99.1 Å². The second kappa shape index (κ2) is 16.6. The minimum absolute atomic E-state index is 0.400. The van der Waals surface area contributed by atoms with Crippen LogP contribution >= 0.6 is 0 Å². The fraction of sp³-hybridized carbons (Fsp3) is 0.0250. The predicted molar refractivity (Wildman–Crippen MR) is 337 cm³/mol. The molecule has 0 atom stereocenters. The van der Waals surface area contributed by atoms with E-state index in [4.69, 9.17) is 0 Å². The Kier molecular flexibility index (Phi) is 9.14. The second-order valence-electron chi connectivity index (χ2n) is 22.5. The Morgan fingerprint density at radius 2 is 0.432 bits per heavy atom. The lowest BCUT2D eigenvalue weighted by molar-refractivity contribution is 0.794. The molecular weight excluding hydrogens is 975 g/mol. The van der Waals surface area contributed by atoms with Gasteiger partial charge in [0.05, 0.1) is 10.8 Å². The van der Waals surface area contributed by atoms with E-state index >= 15 is 0 Å². The number of benzene rings is 14. The van der Waals surface area contributed by atoms with Gasteiger partial charge in [0.2, 0.25) is 0 Å². The van der Waals surface area contributed by atoms with Crippen molar-refractivity contribution in [2.24, 2.45) is 0 Å².